The summed E-state index contributed by atoms with van der Waals surface area (Å²) in [6.07, 6.45) is 0. The van der Waals surface area contributed by atoms with Crippen molar-refractivity contribution in [2.45, 2.75) is 0 Å². The smallest absolute Gasteiger partial charge is 0.224 e. The van der Waals surface area contributed by atoms with Gasteiger partial charge in [0.25, 0.3) is 0 Å². The Bertz CT molecular complexity index is 61.9. The third-order valence-corrected chi connectivity index (χ3v) is 0. The van der Waals surface area contributed by atoms with Gasteiger partial charge < -0.3 is 0 Å². The van der Waals surface area contributed by atoms with Crippen LogP contribution in [-0.4, -0.2) is 36.5 Å². The van der Waals surface area contributed by atoms with Gasteiger partial charge in [0.1, 0.15) is 0 Å². The Morgan fingerprint density at radius 1 is 1.33 bits per heavy atom. The van der Waals surface area contributed by atoms with Crippen molar-refractivity contribution in [3.05, 3.63) is 0 Å². The minimum atomic E-state index is -2.54. The number of rotatable bonds is 0. The van der Waals surface area contributed by atoms with E-state index < -0.39 is 6.88 Å². The zero-order chi connectivity index (χ0) is 3.58. The summed E-state index contributed by atoms with van der Waals surface area (Å²) in [4.78, 5) is 0. The van der Waals surface area contributed by atoms with Crippen molar-refractivity contribution >= 4 is 55.6 Å². The first-order valence-corrected chi connectivity index (χ1v) is 2.74. The van der Waals surface area contributed by atoms with E-state index in [9.17, 15) is 0 Å². The van der Waals surface area contributed by atoms with Gasteiger partial charge in [0.15, 0.2) is 0 Å². The van der Waals surface area contributed by atoms with Crippen molar-refractivity contribution in [2.24, 2.45) is 0 Å². The molecule has 0 atom stereocenters. The molecule has 0 aromatic heterocycles. The molecule has 6 heavy (non-hydrogen) atoms. The molecular formula is GeLiO2PS. The van der Waals surface area contributed by atoms with E-state index in [1.165, 1.54) is 0 Å². The van der Waals surface area contributed by atoms with Gasteiger partial charge in [-0.25, -0.2) is 9.13 Å². The largest absolute Gasteiger partial charge is 0.390 e. The molecule has 0 aliphatic heterocycles. The first kappa shape index (κ1) is 15.7. The molecule has 0 aliphatic rings. The van der Waals surface area contributed by atoms with E-state index in [0.717, 1.165) is 0 Å². The summed E-state index contributed by atoms with van der Waals surface area (Å²) in [5.41, 5.74) is 0. The van der Waals surface area contributed by atoms with Crippen molar-refractivity contribution in [1.29, 1.82) is 0 Å². The molecule has 0 rings (SSSR count). The molecule has 0 heterocycles. The molecule has 6 radical (unpaired) electrons. The Labute approximate surface area is 64.6 Å². The zero-order valence-corrected chi connectivity index (χ0v) is 6.98. The second-order valence-corrected chi connectivity index (χ2v) is 1.57. The van der Waals surface area contributed by atoms with Crippen LogP contribution in [0.25, 0.3) is 0 Å². The topological polar surface area (TPSA) is 34.1 Å². The Kier molecular flexibility index (Phi) is 25.1. The molecule has 0 aromatic rings. The molecule has 0 N–H and O–H groups in total. The average Bonchev–Trinajstić information content (AvgIpc) is 0.811. The van der Waals surface area contributed by atoms with Gasteiger partial charge in [-0.1, -0.05) is 0 Å². The standard InChI is InChI=1S/Ge.Li.O2PS/c;;1-3(2)4. The normalized spacial score (nSPS) is 4.17. The Balaban J connectivity index is -0.0000000450. The van der Waals surface area contributed by atoms with Gasteiger partial charge in [0.05, 0.1) is 12.2 Å². The molecule has 0 spiro atoms. The van der Waals surface area contributed by atoms with E-state index in [2.05, 4.69) is 12.2 Å². The SMILES string of the molecule is O=P(=O)[S].[Ge].[Li]. The fraction of sp³-hybridized carbons (Fsp3) is 0. The fourth-order valence-corrected chi connectivity index (χ4v) is 0. The first-order valence-electron chi connectivity index (χ1n) is 0.548. The van der Waals surface area contributed by atoms with Gasteiger partial charge in [-0.2, -0.15) is 0 Å². The summed E-state index contributed by atoms with van der Waals surface area (Å²) in [7, 11) is 0. The number of hydrogen-bond donors (Lipinski definition) is 0. The molecule has 2 nitrogen and oxygen atoms in total. The zero-order valence-electron chi connectivity index (χ0n) is 3.17. The maximum absolute atomic E-state index is 8.85. The van der Waals surface area contributed by atoms with E-state index in [4.69, 9.17) is 9.13 Å². The summed E-state index contributed by atoms with van der Waals surface area (Å²) in [6, 6.07) is 0. The Morgan fingerprint density at radius 2 is 1.33 bits per heavy atom. The van der Waals surface area contributed by atoms with Crippen LogP contribution < -0.4 is 0 Å². The van der Waals surface area contributed by atoms with Crippen molar-refractivity contribution in [2.75, 3.05) is 0 Å². The molecule has 0 unspecified atom stereocenters. The quantitative estimate of drug-likeness (QED) is 0.396. The molecule has 28 valence electrons. The maximum Gasteiger partial charge on any atom is 0.390 e. The summed E-state index contributed by atoms with van der Waals surface area (Å²) in [5, 5.41) is 0. The van der Waals surface area contributed by atoms with E-state index in [1.54, 1.807) is 0 Å². The maximum atomic E-state index is 8.85. The van der Waals surface area contributed by atoms with Gasteiger partial charge in [-0.15, -0.1) is 0 Å². The molecule has 0 amide bonds. The van der Waals surface area contributed by atoms with Crippen molar-refractivity contribution in [1.82, 2.24) is 0 Å². The molecule has 0 saturated heterocycles. The van der Waals surface area contributed by atoms with Crippen LogP contribution in [0.1, 0.15) is 0 Å². The predicted octanol–water partition coefficient (Wildman–Crippen LogP) is 0.510. The molecule has 0 saturated carbocycles. The fourth-order valence-electron chi connectivity index (χ4n) is 0. The number of hydrogen-bond acceptors (Lipinski definition) is 2. The Morgan fingerprint density at radius 3 is 1.33 bits per heavy atom. The first-order chi connectivity index (χ1) is 1.73. The monoisotopic (exact) mass is 176 g/mol. The van der Waals surface area contributed by atoms with Crippen LogP contribution in [0.2, 0.25) is 0 Å². The van der Waals surface area contributed by atoms with Gasteiger partial charge in [-0.3, -0.25) is 0 Å². The van der Waals surface area contributed by atoms with Crippen LogP contribution in [0.15, 0.2) is 0 Å². The van der Waals surface area contributed by atoms with Crippen molar-refractivity contribution in [3.8, 4) is 0 Å². The van der Waals surface area contributed by atoms with E-state index in [0.29, 0.717) is 0 Å². The van der Waals surface area contributed by atoms with E-state index in [1.807, 2.05) is 0 Å². The molecule has 0 aromatic carbocycles. The molecule has 0 bridgehead atoms. The van der Waals surface area contributed by atoms with Crippen LogP contribution in [0.4, 0.5) is 0 Å². The average molecular weight is 175 g/mol. The van der Waals surface area contributed by atoms with Crippen LogP contribution in [0.3, 0.4) is 0 Å². The van der Waals surface area contributed by atoms with Crippen LogP contribution in [-0.2, 0) is 9.13 Å². The van der Waals surface area contributed by atoms with E-state index >= 15 is 0 Å². The Hall–Kier alpha value is 1.39. The van der Waals surface area contributed by atoms with Gasteiger partial charge in [0, 0.05) is 36.5 Å². The van der Waals surface area contributed by atoms with Gasteiger partial charge >= 0.3 is 6.88 Å². The predicted molar refractivity (Wildman–Crippen MR) is 27.4 cm³/mol. The summed E-state index contributed by atoms with van der Waals surface area (Å²) in [5.74, 6) is 0. The third kappa shape index (κ3) is 53.8. The van der Waals surface area contributed by atoms with Gasteiger partial charge in [-0.05, 0) is 0 Å². The van der Waals surface area contributed by atoms with Crippen LogP contribution >= 0.6 is 19.1 Å². The van der Waals surface area contributed by atoms with Crippen molar-refractivity contribution < 1.29 is 9.13 Å². The third-order valence-electron chi connectivity index (χ3n) is 0. The molecule has 0 aliphatic carbocycles. The summed E-state index contributed by atoms with van der Waals surface area (Å²) < 4.78 is 17.7. The molecular weight excluding hydrogens is 175 g/mol. The van der Waals surface area contributed by atoms with Gasteiger partial charge in [0.2, 0.25) is 0 Å². The molecule has 0 fully saturated rings. The summed E-state index contributed by atoms with van der Waals surface area (Å²) in [6.45, 7) is -2.54. The van der Waals surface area contributed by atoms with Crippen LogP contribution in [0.5, 0.6) is 0 Å². The van der Waals surface area contributed by atoms with E-state index in [-0.39, 0.29) is 36.5 Å². The second-order valence-electron chi connectivity index (χ2n) is 0.224. The minimum absolute atomic E-state index is 0. The second kappa shape index (κ2) is 9.63. The van der Waals surface area contributed by atoms with Crippen LogP contribution in [0, 0.1) is 0 Å². The summed E-state index contributed by atoms with van der Waals surface area (Å²) >= 11 is 3.57. The molecule has 6 heteroatoms. The minimum Gasteiger partial charge on any atom is -0.224 e. The van der Waals surface area contributed by atoms with Crippen molar-refractivity contribution in [3.63, 3.8) is 0 Å².